The molecule has 0 saturated heterocycles. The van der Waals surface area contributed by atoms with Crippen molar-refractivity contribution in [1.82, 2.24) is 4.40 Å². The molecule has 3 nitrogen and oxygen atoms in total. The van der Waals surface area contributed by atoms with Crippen LogP contribution in [0.4, 0.5) is 0 Å². The fraction of sp³-hybridized carbons (Fsp3) is 0.0870. The van der Waals surface area contributed by atoms with Crippen LogP contribution in [0.25, 0.3) is 16.6 Å². The van der Waals surface area contributed by atoms with Gasteiger partial charge in [0.1, 0.15) is 12.4 Å². The van der Waals surface area contributed by atoms with Gasteiger partial charge in [-0.25, -0.2) is 0 Å². The van der Waals surface area contributed by atoms with Crippen LogP contribution in [0.1, 0.15) is 21.6 Å². The lowest BCUT2D eigenvalue weighted by atomic mass is 10.0. The van der Waals surface area contributed by atoms with Gasteiger partial charge in [0.25, 0.3) is 0 Å². The van der Waals surface area contributed by atoms with Crippen LogP contribution in [0.15, 0.2) is 72.9 Å². The van der Waals surface area contributed by atoms with Crippen LogP contribution >= 0.6 is 11.6 Å². The summed E-state index contributed by atoms with van der Waals surface area (Å²) in [5, 5.41) is 0.613. The minimum Gasteiger partial charge on any atom is -0.488 e. The van der Waals surface area contributed by atoms with E-state index in [9.17, 15) is 4.79 Å². The molecule has 0 N–H and O–H groups in total. The second kappa shape index (κ2) is 7.29. The molecule has 0 fully saturated rings. The van der Waals surface area contributed by atoms with Crippen LogP contribution in [0.2, 0.25) is 5.02 Å². The van der Waals surface area contributed by atoms with Gasteiger partial charge in [0.05, 0.1) is 5.69 Å². The highest BCUT2D eigenvalue weighted by atomic mass is 35.5. The Morgan fingerprint density at radius 1 is 1.00 bits per heavy atom. The van der Waals surface area contributed by atoms with Gasteiger partial charge >= 0.3 is 0 Å². The molecule has 0 unspecified atom stereocenters. The molecule has 4 heteroatoms. The number of halogens is 1. The van der Waals surface area contributed by atoms with Crippen LogP contribution in [0, 0.1) is 6.92 Å². The molecule has 2 heterocycles. The number of ether oxygens (including phenoxy) is 1. The minimum absolute atomic E-state index is 0.445. The molecule has 0 saturated carbocycles. The average Bonchev–Trinajstić information content (AvgIpc) is 3.06. The third-order valence-electron chi connectivity index (χ3n) is 4.59. The molecule has 0 bridgehead atoms. The van der Waals surface area contributed by atoms with Gasteiger partial charge in [-0.3, -0.25) is 4.79 Å². The molecule has 2 aromatic heterocycles. The van der Waals surface area contributed by atoms with E-state index in [-0.39, 0.29) is 0 Å². The van der Waals surface area contributed by atoms with E-state index in [1.807, 2.05) is 84.3 Å². The maximum absolute atomic E-state index is 11.8. The number of carbonyl (C=O) groups is 1. The lowest BCUT2D eigenvalue weighted by Gasteiger charge is -2.15. The summed E-state index contributed by atoms with van der Waals surface area (Å²) < 4.78 is 8.05. The zero-order chi connectivity index (χ0) is 18.8. The number of benzene rings is 2. The van der Waals surface area contributed by atoms with Gasteiger partial charge in [-0.2, -0.15) is 0 Å². The first-order chi connectivity index (χ1) is 13.2. The van der Waals surface area contributed by atoms with E-state index in [1.54, 1.807) is 0 Å². The molecular formula is C23H18ClNO2. The van der Waals surface area contributed by atoms with Gasteiger partial charge in [-0.15, -0.1) is 0 Å². The number of hydrogen-bond acceptors (Lipinski definition) is 2. The Morgan fingerprint density at radius 3 is 2.56 bits per heavy atom. The first-order valence-electron chi connectivity index (χ1n) is 8.70. The van der Waals surface area contributed by atoms with Gasteiger partial charge in [-0.1, -0.05) is 48.0 Å². The van der Waals surface area contributed by atoms with Gasteiger partial charge < -0.3 is 9.14 Å². The number of pyridine rings is 1. The summed E-state index contributed by atoms with van der Waals surface area (Å²) in [6, 6.07) is 21.5. The molecule has 0 aliphatic rings. The van der Waals surface area contributed by atoms with Crippen molar-refractivity contribution in [2.24, 2.45) is 0 Å². The number of rotatable bonds is 5. The van der Waals surface area contributed by atoms with Gasteiger partial charge in [0.2, 0.25) is 0 Å². The molecule has 0 radical (unpaired) electrons. The molecule has 27 heavy (non-hydrogen) atoms. The molecule has 2 aromatic carbocycles. The number of aldehydes is 1. The van der Waals surface area contributed by atoms with Crippen LogP contribution < -0.4 is 4.74 Å². The standard InChI is InChI=1S/C23H18ClNO2/c1-16-11-18(24)12-21(23(16)27-15-17-7-3-2-4-8-17)20-13-19-9-5-6-10-25(19)22(20)14-26/h2-14H,15H2,1H3. The van der Waals surface area contributed by atoms with Crippen LogP contribution in [-0.4, -0.2) is 10.7 Å². The van der Waals surface area contributed by atoms with Crippen molar-refractivity contribution in [3.8, 4) is 16.9 Å². The zero-order valence-corrected chi connectivity index (χ0v) is 15.6. The predicted molar refractivity (Wildman–Crippen MR) is 109 cm³/mol. The summed E-state index contributed by atoms with van der Waals surface area (Å²) >= 11 is 6.33. The molecule has 4 rings (SSSR count). The van der Waals surface area contributed by atoms with Crippen LogP contribution in [-0.2, 0) is 6.61 Å². The maximum atomic E-state index is 11.8. The Labute approximate surface area is 162 Å². The topological polar surface area (TPSA) is 30.7 Å². The van der Waals surface area contributed by atoms with Gasteiger partial charge in [-0.05, 0) is 48.4 Å². The quantitative estimate of drug-likeness (QED) is 0.403. The van der Waals surface area contributed by atoms with Gasteiger partial charge in [0.15, 0.2) is 6.29 Å². The largest absolute Gasteiger partial charge is 0.488 e. The van der Waals surface area contributed by atoms with E-state index < -0.39 is 0 Å². The lowest BCUT2D eigenvalue weighted by molar-refractivity contribution is 0.111. The van der Waals surface area contributed by atoms with E-state index in [0.29, 0.717) is 17.3 Å². The molecule has 0 spiro atoms. The Morgan fingerprint density at radius 2 is 1.78 bits per heavy atom. The van der Waals surface area contributed by atoms with Crippen molar-refractivity contribution in [1.29, 1.82) is 0 Å². The summed E-state index contributed by atoms with van der Waals surface area (Å²) in [5.41, 5.74) is 5.17. The van der Waals surface area contributed by atoms with Crippen molar-refractivity contribution in [2.45, 2.75) is 13.5 Å². The Hall–Kier alpha value is -3.04. The van der Waals surface area contributed by atoms with Crippen LogP contribution in [0.5, 0.6) is 5.75 Å². The number of nitrogens with zero attached hydrogens (tertiary/aromatic N) is 1. The van der Waals surface area contributed by atoms with E-state index in [2.05, 4.69) is 0 Å². The summed E-state index contributed by atoms with van der Waals surface area (Å²) in [5.74, 6) is 0.738. The molecule has 0 aliphatic heterocycles. The monoisotopic (exact) mass is 375 g/mol. The molecule has 4 aromatic rings. The molecular weight excluding hydrogens is 358 g/mol. The second-order valence-electron chi connectivity index (χ2n) is 6.43. The number of hydrogen-bond donors (Lipinski definition) is 0. The normalized spacial score (nSPS) is 10.9. The van der Waals surface area contributed by atoms with Gasteiger partial charge in [0, 0.05) is 27.9 Å². The highest BCUT2D eigenvalue weighted by molar-refractivity contribution is 6.31. The average molecular weight is 376 g/mol. The molecule has 0 aliphatic carbocycles. The lowest BCUT2D eigenvalue weighted by Crippen LogP contribution is -2.00. The summed E-state index contributed by atoms with van der Waals surface area (Å²) in [6.07, 6.45) is 2.75. The summed E-state index contributed by atoms with van der Waals surface area (Å²) in [6.45, 7) is 2.41. The van der Waals surface area contributed by atoms with Crippen molar-refractivity contribution in [3.63, 3.8) is 0 Å². The fourth-order valence-corrected chi connectivity index (χ4v) is 3.60. The highest BCUT2D eigenvalue weighted by Gasteiger charge is 2.18. The SMILES string of the molecule is Cc1cc(Cl)cc(-c2cc3ccccn3c2C=O)c1OCc1ccccc1. The van der Waals surface area contributed by atoms with Crippen LogP contribution in [0.3, 0.4) is 0 Å². The first kappa shape index (κ1) is 17.4. The minimum atomic E-state index is 0.445. The second-order valence-corrected chi connectivity index (χ2v) is 6.87. The Balaban J connectivity index is 1.84. The molecule has 0 amide bonds. The first-order valence-corrected chi connectivity index (χ1v) is 9.07. The summed E-state index contributed by atoms with van der Waals surface area (Å²) in [4.78, 5) is 11.8. The maximum Gasteiger partial charge on any atom is 0.167 e. The smallest absolute Gasteiger partial charge is 0.167 e. The van der Waals surface area contributed by atoms with E-state index >= 15 is 0 Å². The van der Waals surface area contributed by atoms with Crippen molar-refractivity contribution in [3.05, 3.63) is 94.8 Å². The summed E-state index contributed by atoms with van der Waals surface area (Å²) in [7, 11) is 0. The number of aromatic nitrogens is 1. The van der Waals surface area contributed by atoms with Crippen molar-refractivity contribution in [2.75, 3.05) is 0 Å². The Kier molecular flexibility index (Phi) is 4.69. The number of fused-ring (bicyclic) bond motifs is 1. The third-order valence-corrected chi connectivity index (χ3v) is 4.80. The molecule has 134 valence electrons. The third kappa shape index (κ3) is 3.34. The van der Waals surface area contributed by atoms with E-state index in [4.69, 9.17) is 16.3 Å². The number of carbonyl (C=O) groups excluding carboxylic acids is 1. The predicted octanol–water partition coefficient (Wildman–Crippen LogP) is 5.96. The van der Waals surface area contributed by atoms with E-state index in [0.717, 1.165) is 39.8 Å². The fourth-order valence-electron chi connectivity index (χ4n) is 3.33. The molecule has 0 atom stereocenters. The van der Waals surface area contributed by atoms with E-state index in [1.165, 1.54) is 0 Å². The zero-order valence-electron chi connectivity index (χ0n) is 14.9. The van der Waals surface area contributed by atoms with Crippen molar-refractivity contribution >= 4 is 23.4 Å². The van der Waals surface area contributed by atoms with Crippen molar-refractivity contribution < 1.29 is 9.53 Å². The number of aryl methyl sites for hydroxylation is 1. The Bertz CT molecular complexity index is 1120. The highest BCUT2D eigenvalue weighted by Crippen LogP contribution is 2.39.